The Kier molecular flexibility index (Phi) is 5.65. The molecule has 7 heteroatoms. The Morgan fingerprint density at radius 2 is 1.87 bits per heavy atom. The van der Waals surface area contributed by atoms with Crippen molar-refractivity contribution in [2.75, 3.05) is 26.7 Å². The molecule has 1 saturated heterocycles. The van der Waals surface area contributed by atoms with Gasteiger partial charge in [-0.2, -0.15) is 0 Å². The Labute approximate surface area is 181 Å². The van der Waals surface area contributed by atoms with Crippen molar-refractivity contribution in [1.29, 1.82) is 0 Å². The van der Waals surface area contributed by atoms with E-state index in [4.69, 9.17) is 14.5 Å². The number of likely N-dealkylation sites (tertiary alicyclic amines) is 1. The number of rotatable bonds is 5. The second-order valence-corrected chi connectivity index (χ2v) is 9.54. The average molecular weight is 428 g/mol. The lowest BCUT2D eigenvalue weighted by Gasteiger charge is -2.41. The third-order valence-electron chi connectivity index (χ3n) is 6.67. The highest BCUT2D eigenvalue weighted by Crippen LogP contribution is 2.33. The maximum atomic E-state index is 12.9. The molecule has 5 rings (SSSR count). The van der Waals surface area contributed by atoms with Gasteiger partial charge in [-0.1, -0.05) is 17.8 Å². The van der Waals surface area contributed by atoms with Crippen molar-refractivity contribution in [3.05, 3.63) is 40.4 Å². The molecule has 6 nitrogen and oxygen atoms in total. The highest BCUT2D eigenvalue weighted by atomic mass is 32.1. The quantitative estimate of drug-likeness (QED) is 0.728. The van der Waals surface area contributed by atoms with Gasteiger partial charge in [-0.25, -0.2) is 4.98 Å². The molecule has 30 heavy (non-hydrogen) atoms. The number of hydrogen-bond donors (Lipinski definition) is 0. The van der Waals surface area contributed by atoms with E-state index in [0.29, 0.717) is 18.7 Å². The Bertz CT molecular complexity index is 886. The number of amides is 1. The van der Waals surface area contributed by atoms with Crippen LogP contribution >= 0.6 is 11.3 Å². The Morgan fingerprint density at radius 3 is 2.53 bits per heavy atom. The minimum atomic E-state index is 0.0579. The molecule has 3 aliphatic rings. The number of thiazole rings is 1. The number of fused-ring (bicyclic) bond motifs is 1. The lowest BCUT2D eigenvalue weighted by atomic mass is 9.90. The predicted molar refractivity (Wildman–Crippen MR) is 116 cm³/mol. The first kappa shape index (κ1) is 19.8. The molecule has 0 spiro atoms. The number of ether oxygens (including phenoxy) is 2. The summed E-state index contributed by atoms with van der Waals surface area (Å²) in [5.41, 5.74) is 1.79. The molecule has 0 N–H and O–H groups in total. The number of carbonyl (C=O) groups excluding carboxylic acids is 1. The smallest absolute Gasteiger partial charge is 0.273 e. The Hall–Kier alpha value is -2.12. The first-order chi connectivity index (χ1) is 14.7. The number of hydrogen-bond acceptors (Lipinski definition) is 6. The molecule has 2 aliphatic heterocycles. The van der Waals surface area contributed by atoms with Gasteiger partial charge in [-0.3, -0.25) is 4.79 Å². The van der Waals surface area contributed by atoms with Gasteiger partial charge in [0.25, 0.3) is 11.1 Å². The van der Waals surface area contributed by atoms with Gasteiger partial charge in [0.15, 0.2) is 0 Å². The number of nitrogens with zero attached hydrogens (tertiary/aromatic N) is 3. The van der Waals surface area contributed by atoms with Crippen LogP contribution in [0.1, 0.15) is 53.0 Å². The lowest BCUT2D eigenvalue weighted by molar-refractivity contribution is 0.0492. The molecular formula is C23H29N3O3S. The molecule has 0 unspecified atom stereocenters. The third kappa shape index (κ3) is 4.05. The van der Waals surface area contributed by atoms with E-state index < -0.39 is 0 Å². The third-order valence-corrected chi connectivity index (χ3v) is 7.64. The van der Waals surface area contributed by atoms with Crippen molar-refractivity contribution < 1.29 is 14.3 Å². The summed E-state index contributed by atoms with van der Waals surface area (Å²) in [7, 11) is 1.63. The normalized spacial score (nSPS) is 20.5. The number of benzene rings is 1. The molecule has 1 aliphatic carbocycles. The van der Waals surface area contributed by atoms with Crippen LogP contribution in [0.3, 0.4) is 0 Å². The van der Waals surface area contributed by atoms with E-state index >= 15 is 0 Å². The van der Waals surface area contributed by atoms with Crippen LogP contribution in [0.15, 0.2) is 24.3 Å². The van der Waals surface area contributed by atoms with Crippen molar-refractivity contribution in [3.63, 3.8) is 0 Å². The summed E-state index contributed by atoms with van der Waals surface area (Å²) < 4.78 is 11.4. The summed E-state index contributed by atoms with van der Waals surface area (Å²) >= 11 is 1.61. The van der Waals surface area contributed by atoms with Crippen LogP contribution in [-0.2, 0) is 13.0 Å². The summed E-state index contributed by atoms with van der Waals surface area (Å²) in [6, 6.07) is 8.14. The SMILES string of the molecule is COc1ccc(C(=O)N2CCc3nc(OC4CCN(C5CCC5)CC4)sc3C2)cc1. The second-order valence-electron chi connectivity index (χ2n) is 8.49. The zero-order valence-electron chi connectivity index (χ0n) is 17.5. The minimum Gasteiger partial charge on any atom is -0.497 e. The van der Waals surface area contributed by atoms with Gasteiger partial charge in [0.05, 0.1) is 24.2 Å². The molecule has 1 amide bonds. The van der Waals surface area contributed by atoms with E-state index in [2.05, 4.69) is 4.90 Å². The van der Waals surface area contributed by atoms with Crippen LogP contribution in [0.4, 0.5) is 0 Å². The van der Waals surface area contributed by atoms with Gasteiger partial charge >= 0.3 is 0 Å². The van der Waals surface area contributed by atoms with Gasteiger partial charge in [0, 0.05) is 37.7 Å². The Morgan fingerprint density at radius 1 is 1.10 bits per heavy atom. The zero-order valence-corrected chi connectivity index (χ0v) is 18.3. The molecular weight excluding hydrogens is 398 g/mol. The maximum Gasteiger partial charge on any atom is 0.273 e. The predicted octanol–water partition coefficient (Wildman–Crippen LogP) is 3.75. The van der Waals surface area contributed by atoms with Crippen LogP contribution in [0, 0.1) is 0 Å². The molecule has 1 saturated carbocycles. The fourth-order valence-corrected chi connectivity index (χ4v) is 5.60. The topological polar surface area (TPSA) is 54.9 Å². The molecule has 0 radical (unpaired) electrons. The van der Waals surface area contributed by atoms with Gasteiger partial charge in [-0.05, 0) is 49.9 Å². The fourth-order valence-electron chi connectivity index (χ4n) is 4.56. The summed E-state index contributed by atoms with van der Waals surface area (Å²) in [5, 5.41) is 0.779. The van der Waals surface area contributed by atoms with Crippen molar-refractivity contribution >= 4 is 17.2 Å². The monoisotopic (exact) mass is 427 g/mol. The molecule has 1 aromatic heterocycles. The molecule has 2 aromatic rings. The minimum absolute atomic E-state index is 0.0579. The number of aromatic nitrogens is 1. The van der Waals surface area contributed by atoms with Gasteiger partial charge in [-0.15, -0.1) is 0 Å². The summed E-state index contributed by atoms with van der Waals surface area (Å²) in [5.74, 6) is 0.817. The molecule has 160 valence electrons. The van der Waals surface area contributed by atoms with E-state index in [1.807, 2.05) is 29.2 Å². The van der Waals surface area contributed by atoms with Crippen LogP contribution in [0.5, 0.6) is 10.9 Å². The maximum absolute atomic E-state index is 12.9. The van der Waals surface area contributed by atoms with Crippen LogP contribution in [-0.4, -0.2) is 59.6 Å². The van der Waals surface area contributed by atoms with Crippen molar-refractivity contribution in [1.82, 2.24) is 14.8 Å². The first-order valence-corrected chi connectivity index (χ1v) is 11.8. The number of piperidine rings is 1. The highest BCUT2D eigenvalue weighted by molar-refractivity contribution is 7.13. The molecule has 0 atom stereocenters. The van der Waals surface area contributed by atoms with Crippen molar-refractivity contribution in [3.8, 4) is 10.9 Å². The molecule has 0 bridgehead atoms. The molecule has 1 aromatic carbocycles. The van der Waals surface area contributed by atoms with Crippen molar-refractivity contribution in [2.24, 2.45) is 0 Å². The number of methoxy groups -OCH3 is 1. The van der Waals surface area contributed by atoms with E-state index in [1.54, 1.807) is 18.4 Å². The fraction of sp³-hybridized carbons (Fsp3) is 0.565. The van der Waals surface area contributed by atoms with Gasteiger partial charge < -0.3 is 19.3 Å². The van der Waals surface area contributed by atoms with E-state index in [-0.39, 0.29) is 12.0 Å². The Balaban J connectivity index is 1.18. The zero-order chi connectivity index (χ0) is 20.5. The molecule has 2 fully saturated rings. The van der Waals surface area contributed by atoms with Crippen molar-refractivity contribution in [2.45, 2.75) is 57.2 Å². The van der Waals surface area contributed by atoms with Crippen LogP contribution < -0.4 is 9.47 Å². The summed E-state index contributed by atoms with van der Waals surface area (Å²) in [6.07, 6.45) is 7.37. The van der Waals surface area contributed by atoms with Crippen LogP contribution in [0.2, 0.25) is 0 Å². The number of carbonyl (C=O) groups is 1. The van der Waals surface area contributed by atoms with Gasteiger partial charge in [0.2, 0.25) is 0 Å². The van der Waals surface area contributed by atoms with E-state index in [9.17, 15) is 4.79 Å². The molecule has 3 heterocycles. The lowest BCUT2D eigenvalue weighted by Crippen LogP contribution is -2.46. The summed E-state index contributed by atoms with van der Waals surface area (Å²) in [6.45, 7) is 3.59. The van der Waals surface area contributed by atoms with Crippen LogP contribution in [0.25, 0.3) is 0 Å². The first-order valence-electron chi connectivity index (χ1n) is 11.0. The van der Waals surface area contributed by atoms with E-state index in [0.717, 1.165) is 59.9 Å². The average Bonchev–Trinajstić information content (AvgIpc) is 3.15. The second kappa shape index (κ2) is 8.55. The van der Waals surface area contributed by atoms with Gasteiger partial charge in [0.1, 0.15) is 11.9 Å². The van der Waals surface area contributed by atoms with E-state index in [1.165, 1.54) is 19.3 Å². The standard InChI is InChI=1S/C23H29N3O3S/c1-28-18-7-5-16(6-8-18)22(27)26-14-11-20-21(15-26)30-23(24-20)29-19-9-12-25(13-10-19)17-3-2-4-17/h5-8,17,19H,2-4,9-15H2,1H3. The highest BCUT2D eigenvalue weighted by Gasteiger charge is 2.30. The largest absolute Gasteiger partial charge is 0.497 e. The summed E-state index contributed by atoms with van der Waals surface area (Å²) in [4.78, 5) is 23.3.